The van der Waals surface area contributed by atoms with Crippen molar-refractivity contribution in [2.45, 2.75) is 58.3 Å². The third kappa shape index (κ3) is 3.04. The maximum Gasteiger partial charge on any atom is 0.136 e. The van der Waals surface area contributed by atoms with Crippen molar-refractivity contribution >= 4 is 21.9 Å². The number of fused-ring (bicyclic) bond motifs is 9. The lowest BCUT2D eigenvalue weighted by Crippen LogP contribution is -2.17. The second kappa shape index (κ2) is 7.76. The van der Waals surface area contributed by atoms with Gasteiger partial charge in [0.2, 0.25) is 0 Å². The first-order valence-corrected chi connectivity index (χ1v) is 14.5. The SMILES string of the molecule is CC(C)c1ccc2c(c1)C(C)(C)c1cc3c(cc1-2)C(C)(C)c1cc(-c2ccc4c(c2)oc2ccccc24)ccc1-3. The standard InChI is InChI=1S/C39H34O/c1-22(2)23-11-14-26-30-20-35-31(21-34(30)38(3,4)32(26)17-23)27-15-12-24(18-33(27)39(35,5)6)25-13-16-29-28-9-7-8-10-36(28)40-37(29)19-25/h7-22H,1-6H3. The van der Waals surface area contributed by atoms with Crippen LogP contribution >= 0.6 is 0 Å². The van der Waals surface area contributed by atoms with Gasteiger partial charge in [0.1, 0.15) is 11.2 Å². The monoisotopic (exact) mass is 518 g/mol. The van der Waals surface area contributed by atoms with E-state index in [1.807, 2.05) is 12.1 Å². The van der Waals surface area contributed by atoms with Gasteiger partial charge in [0, 0.05) is 21.6 Å². The Kier molecular flexibility index (Phi) is 4.61. The van der Waals surface area contributed by atoms with Crippen LogP contribution in [0.25, 0.3) is 55.3 Å². The lowest BCUT2D eigenvalue weighted by Gasteiger charge is -2.24. The average Bonchev–Trinajstić information content (AvgIpc) is 3.51. The minimum absolute atomic E-state index is 0.0145. The van der Waals surface area contributed by atoms with E-state index in [0.29, 0.717) is 5.92 Å². The third-order valence-corrected chi connectivity index (χ3v) is 9.87. The summed E-state index contributed by atoms with van der Waals surface area (Å²) in [5, 5.41) is 2.35. The van der Waals surface area contributed by atoms with E-state index < -0.39 is 0 Å². The zero-order valence-electron chi connectivity index (χ0n) is 24.1. The second-order valence-electron chi connectivity index (χ2n) is 13.2. The molecule has 2 aliphatic carbocycles. The molecule has 0 radical (unpaired) electrons. The van der Waals surface area contributed by atoms with Crippen LogP contribution in [0.15, 0.2) is 95.4 Å². The summed E-state index contributed by atoms with van der Waals surface area (Å²) in [4.78, 5) is 0. The fraction of sp³-hybridized carbons (Fsp3) is 0.231. The van der Waals surface area contributed by atoms with E-state index in [1.54, 1.807) is 0 Å². The molecular weight excluding hydrogens is 484 g/mol. The predicted octanol–water partition coefficient (Wildman–Crippen LogP) is 11.0. The summed E-state index contributed by atoms with van der Waals surface area (Å²) < 4.78 is 6.21. The minimum Gasteiger partial charge on any atom is -0.456 e. The van der Waals surface area contributed by atoms with Crippen molar-refractivity contribution in [3.05, 3.63) is 119 Å². The van der Waals surface area contributed by atoms with Crippen LogP contribution in [0.2, 0.25) is 0 Å². The fourth-order valence-corrected chi connectivity index (χ4v) is 7.42. The van der Waals surface area contributed by atoms with Gasteiger partial charge in [0.05, 0.1) is 0 Å². The maximum absolute atomic E-state index is 6.21. The minimum atomic E-state index is -0.0794. The van der Waals surface area contributed by atoms with E-state index in [9.17, 15) is 0 Å². The van der Waals surface area contributed by atoms with Crippen LogP contribution in [0, 0.1) is 0 Å². The molecule has 0 N–H and O–H groups in total. The fourth-order valence-electron chi connectivity index (χ4n) is 7.42. The Hall–Kier alpha value is -4.10. The Bertz CT molecular complexity index is 2030. The normalized spacial score (nSPS) is 15.9. The highest BCUT2D eigenvalue weighted by Gasteiger charge is 2.41. The molecule has 0 atom stereocenters. The first-order chi connectivity index (χ1) is 19.1. The van der Waals surface area contributed by atoms with E-state index in [2.05, 4.69) is 120 Å². The van der Waals surface area contributed by atoms with Gasteiger partial charge in [-0.1, -0.05) is 96.1 Å². The summed E-state index contributed by atoms with van der Waals surface area (Å²) in [5.74, 6) is 0.530. The summed E-state index contributed by atoms with van der Waals surface area (Å²) >= 11 is 0. The number of furan rings is 1. The Balaban J connectivity index is 1.26. The molecule has 0 saturated carbocycles. The molecule has 1 aromatic heterocycles. The zero-order chi connectivity index (χ0) is 27.6. The van der Waals surface area contributed by atoms with Crippen LogP contribution in [0.3, 0.4) is 0 Å². The van der Waals surface area contributed by atoms with Gasteiger partial charge in [0.15, 0.2) is 0 Å². The number of para-hydroxylation sites is 1. The van der Waals surface area contributed by atoms with E-state index in [4.69, 9.17) is 4.42 Å². The quantitative estimate of drug-likeness (QED) is 0.222. The van der Waals surface area contributed by atoms with Gasteiger partial charge in [-0.15, -0.1) is 0 Å². The Morgan fingerprint density at radius 2 is 1.05 bits per heavy atom. The van der Waals surface area contributed by atoms with Crippen molar-refractivity contribution < 1.29 is 4.42 Å². The molecule has 1 nitrogen and oxygen atoms in total. The van der Waals surface area contributed by atoms with Gasteiger partial charge in [-0.2, -0.15) is 0 Å². The van der Waals surface area contributed by atoms with Gasteiger partial charge in [-0.25, -0.2) is 0 Å². The van der Waals surface area contributed by atoms with E-state index in [-0.39, 0.29) is 10.8 Å². The summed E-state index contributed by atoms with van der Waals surface area (Å²) in [7, 11) is 0. The first-order valence-electron chi connectivity index (χ1n) is 14.5. The number of hydrogen-bond donors (Lipinski definition) is 0. The summed E-state index contributed by atoms with van der Waals surface area (Å²) in [6, 6.07) is 34.1. The van der Waals surface area contributed by atoms with Crippen LogP contribution in [0.4, 0.5) is 0 Å². The van der Waals surface area contributed by atoms with Crippen molar-refractivity contribution in [3.63, 3.8) is 0 Å². The van der Waals surface area contributed by atoms with Crippen molar-refractivity contribution in [3.8, 4) is 33.4 Å². The molecule has 1 heteroatoms. The third-order valence-electron chi connectivity index (χ3n) is 9.87. The average molecular weight is 519 g/mol. The van der Waals surface area contributed by atoms with E-state index in [1.165, 1.54) is 72.0 Å². The molecule has 0 fully saturated rings. The lowest BCUT2D eigenvalue weighted by molar-refractivity contribution is 0.651. The Morgan fingerprint density at radius 3 is 1.75 bits per heavy atom. The molecule has 0 saturated heterocycles. The number of hydrogen-bond acceptors (Lipinski definition) is 1. The summed E-state index contributed by atoms with van der Waals surface area (Å²) in [6.45, 7) is 14.1. The topological polar surface area (TPSA) is 13.1 Å². The second-order valence-corrected chi connectivity index (χ2v) is 13.2. The van der Waals surface area contributed by atoms with Crippen molar-refractivity contribution in [1.82, 2.24) is 0 Å². The highest BCUT2D eigenvalue weighted by atomic mass is 16.3. The first kappa shape index (κ1) is 23.8. The largest absolute Gasteiger partial charge is 0.456 e. The van der Waals surface area contributed by atoms with Crippen LogP contribution in [0.1, 0.15) is 75.3 Å². The van der Waals surface area contributed by atoms with Crippen LogP contribution < -0.4 is 0 Å². The highest BCUT2D eigenvalue weighted by molar-refractivity contribution is 6.06. The molecule has 0 unspecified atom stereocenters. The van der Waals surface area contributed by atoms with E-state index >= 15 is 0 Å². The Morgan fingerprint density at radius 1 is 0.500 bits per heavy atom. The lowest BCUT2D eigenvalue weighted by atomic mass is 9.79. The molecule has 6 aromatic rings. The van der Waals surface area contributed by atoms with Gasteiger partial charge < -0.3 is 4.42 Å². The molecule has 0 amide bonds. The van der Waals surface area contributed by atoms with Crippen molar-refractivity contribution in [1.29, 1.82) is 0 Å². The maximum atomic E-state index is 6.21. The molecule has 1 heterocycles. The van der Waals surface area contributed by atoms with E-state index in [0.717, 1.165) is 11.2 Å². The number of rotatable bonds is 2. The van der Waals surface area contributed by atoms with Gasteiger partial charge in [-0.05, 0) is 104 Å². The van der Waals surface area contributed by atoms with Gasteiger partial charge in [0.25, 0.3) is 0 Å². The van der Waals surface area contributed by atoms with Crippen LogP contribution in [-0.2, 0) is 10.8 Å². The highest BCUT2D eigenvalue weighted by Crippen LogP contribution is 2.56. The molecule has 0 spiro atoms. The molecular formula is C39H34O. The molecule has 196 valence electrons. The predicted molar refractivity (Wildman–Crippen MR) is 168 cm³/mol. The van der Waals surface area contributed by atoms with Gasteiger partial charge >= 0.3 is 0 Å². The van der Waals surface area contributed by atoms with Crippen molar-refractivity contribution in [2.75, 3.05) is 0 Å². The molecule has 0 aliphatic heterocycles. The summed E-state index contributed by atoms with van der Waals surface area (Å²) in [6.07, 6.45) is 0. The van der Waals surface area contributed by atoms with Gasteiger partial charge in [-0.3, -0.25) is 0 Å². The van der Waals surface area contributed by atoms with Crippen molar-refractivity contribution in [2.24, 2.45) is 0 Å². The number of benzene rings is 5. The van der Waals surface area contributed by atoms with Crippen LogP contribution in [0.5, 0.6) is 0 Å². The van der Waals surface area contributed by atoms with Crippen LogP contribution in [-0.4, -0.2) is 0 Å². The molecule has 2 aliphatic rings. The smallest absolute Gasteiger partial charge is 0.136 e. The zero-order valence-corrected chi connectivity index (χ0v) is 24.1. The molecule has 0 bridgehead atoms. The molecule has 40 heavy (non-hydrogen) atoms. The molecule has 8 rings (SSSR count). The Labute approximate surface area is 236 Å². The summed E-state index contributed by atoms with van der Waals surface area (Å²) in [5.41, 5.74) is 17.0. The molecule has 5 aromatic carbocycles.